The summed E-state index contributed by atoms with van der Waals surface area (Å²) in [4.78, 5) is 26.2. The van der Waals surface area contributed by atoms with E-state index in [0.717, 1.165) is 18.2 Å². The second-order valence-corrected chi connectivity index (χ2v) is 7.65. The van der Waals surface area contributed by atoms with Crippen LogP contribution < -0.4 is 20.3 Å². The summed E-state index contributed by atoms with van der Waals surface area (Å²) in [5.74, 6) is 0.0905. The monoisotopic (exact) mass is 476 g/mol. The molecule has 1 aromatic heterocycles. The molecule has 2 N–H and O–H groups in total. The smallest absolute Gasteiger partial charge is 0.416 e. The minimum Gasteiger partial charge on any atom is -0.493 e. The molecule has 4 rings (SSSR count). The van der Waals surface area contributed by atoms with Gasteiger partial charge in [0, 0.05) is 37.3 Å². The van der Waals surface area contributed by atoms with Crippen LogP contribution >= 0.6 is 0 Å². The van der Waals surface area contributed by atoms with Crippen molar-refractivity contribution >= 4 is 23.5 Å². The molecule has 0 bridgehead atoms. The van der Waals surface area contributed by atoms with Crippen molar-refractivity contribution in [2.45, 2.75) is 6.18 Å². The SMILES string of the molecule is CNC(=O)c1cc(F)cc(Nc2ncnc(N3CC(COc4ccc(C(F)(F)F)cc4)C3)n2)c1. The third-order valence-electron chi connectivity index (χ3n) is 5.11. The lowest BCUT2D eigenvalue weighted by Gasteiger charge is -2.38. The van der Waals surface area contributed by atoms with Crippen molar-refractivity contribution < 1.29 is 27.1 Å². The lowest BCUT2D eigenvalue weighted by Crippen LogP contribution is -2.50. The quantitative estimate of drug-likeness (QED) is 0.503. The minimum absolute atomic E-state index is 0.147. The third kappa shape index (κ3) is 5.50. The molecule has 3 aromatic rings. The molecule has 178 valence electrons. The van der Waals surface area contributed by atoms with Crippen LogP contribution in [0.5, 0.6) is 5.75 Å². The molecular weight excluding hydrogens is 456 g/mol. The number of nitrogens with zero attached hydrogens (tertiary/aromatic N) is 4. The lowest BCUT2D eigenvalue weighted by atomic mass is 10.0. The standard InChI is InChI=1S/C22H20F4N6O2/c1-27-19(33)14-6-16(23)8-17(7-14)30-20-28-12-29-21(31-20)32-9-13(10-32)11-34-18-4-2-15(3-5-18)22(24,25)26/h2-8,12-13H,9-11H2,1H3,(H,27,33)(H,28,29,30,31). The largest absolute Gasteiger partial charge is 0.493 e. The molecule has 0 aliphatic carbocycles. The van der Waals surface area contributed by atoms with Crippen molar-refractivity contribution in [3.63, 3.8) is 0 Å². The van der Waals surface area contributed by atoms with Gasteiger partial charge < -0.3 is 20.3 Å². The van der Waals surface area contributed by atoms with E-state index in [0.29, 0.717) is 37.1 Å². The zero-order chi connectivity index (χ0) is 24.3. The third-order valence-corrected chi connectivity index (χ3v) is 5.11. The molecule has 8 nitrogen and oxygen atoms in total. The Labute approximate surface area is 192 Å². The second kappa shape index (κ2) is 9.49. The van der Waals surface area contributed by atoms with Crippen LogP contribution in [0.25, 0.3) is 0 Å². The topological polar surface area (TPSA) is 92.3 Å². The van der Waals surface area contributed by atoms with E-state index in [1.54, 1.807) is 0 Å². The van der Waals surface area contributed by atoms with Crippen LogP contribution in [0.4, 0.5) is 35.1 Å². The zero-order valence-electron chi connectivity index (χ0n) is 17.9. The molecule has 1 saturated heterocycles. The molecule has 1 aliphatic rings. The highest BCUT2D eigenvalue weighted by Gasteiger charge is 2.31. The Morgan fingerprint density at radius 1 is 1.15 bits per heavy atom. The molecule has 34 heavy (non-hydrogen) atoms. The minimum atomic E-state index is -4.38. The number of aromatic nitrogens is 3. The van der Waals surface area contributed by atoms with E-state index < -0.39 is 23.5 Å². The molecule has 12 heteroatoms. The molecule has 0 unspecified atom stereocenters. The van der Waals surface area contributed by atoms with Gasteiger partial charge in [-0.3, -0.25) is 4.79 Å². The van der Waals surface area contributed by atoms with Gasteiger partial charge in [-0.2, -0.15) is 18.2 Å². The van der Waals surface area contributed by atoms with Gasteiger partial charge in [0.1, 0.15) is 17.9 Å². The van der Waals surface area contributed by atoms with Gasteiger partial charge in [0.05, 0.1) is 12.2 Å². The Morgan fingerprint density at radius 3 is 2.56 bits per heavy atom. The van der Waals surface area contributed by atoms with Gasteiger partial charge in [0.25, 0.3) is 5.91 Å². The summed E-state index contributed by atoms with van der Waals surface area (Å²) in [6.07, 6.45) is -3.07. The number of ether oxygens (including phenoxy) is 1. The van der Waals surface area contributed by atoms with Gasteiger partial charge in [-0.05, 0) is 42.5 Å². The van der Waals surface area contributed by atoms with E-state index in [4.69, 9.17) is 4.74 Å². The maximum Gasteiger partial charge on any atom is 0.416 e. The summed E-state index contributed by atoms with van der Waals surface area (Å²) in [6.45, 7) is 1.51. The Kier molecular flexibility index (Phi) is 6.48. The van der Waals surface area contributed by atoms with Crippen LogP contribution in [0.2, 0.25) is 0 Å². The first-order valence-corrected chi connectivity index (χ1v) is 10.2. The van der Waals surface area contributed by atoms with E-state index in [2.05, 4.69) is 25.6 Å². The maximum atomic E-state index is 13.9. The van der Waals surface area contributed by atoms with Crippen molar-refractivity contribution in [1.29, 1.82) is 0 Å². The number of alkyl halides is 3. The summed E-state index contributed by atoms with van der Waals surface area (Å²) in [7, 11) is 1.45. The van der Waals surface area contributed by atoms with E-state index in [9.17, 15) is 22.4 Å². The highest BCUT2D eigenvalue weighted by molar-refractivity contribution is 5.95. The Balaban J connectivity index is 1.32. The summed E-state index contributed by atoms with van der Waals surface area (Å²) in [6, 6.07) is 8.37. The Morgan fingerprint density at radius 2 is 1.88 bits per heavy atom. The van der Waals surface area contributed by atoms with Crippen LogP contribution in [-0.4, -0.2) is 47.6 Å². The fraction of sp³-hybridized carbons (Fsp3) is 0.273. The zero-order valence-corrected chi connectivity index (χ0v) is 17.9. The number of rotatable bonds is 7. The summed E-state index contributed by atoms with van der Waals surface area (Å²) < 4.78 is 57.4. The number of amides is 1. The van der Waals surface area contributed by atoms with E-state index >= 15 is 0 Å². The van der Waals surface area contributed by atoms with E-state index in [1.807, 2.05) is 4.90 Å². The van der Waals surface area contributed by atoms with Crippen molar-refractivity contribution in [2.24, 2.45) is 5.92 Å². The summed E-state index contributed by atoms with van der Waals surface area (Å²) in [5.41, 5.74) is -0.267. The molecule has 0 atom stereocenters. The van der Waals surface area contributed by atoms with E-state index in [1.165, 1.54) is 37.6 Å². The maximum absolute atomic E-state index is 13.9. The molecular formula is C22H20F4N6O2. The van der Waals surface area contributed by atoms with Crippen molar-refractivity contribution in [1.82, 2.24) is 20.3 Å². The van der Waals surface area contributed by atoms with Crippen molar-refractivity contribution in [3.8, 4) is 5.75 Å². The number of hydrogen-bond acceptors (Lipinski definition) is 7. The van der Waals surface area contributed by atoms with Gasteiger partial charge in [-0.15, -0.1) is 0 Å². The average molecular weight is 476 g/mol. The summed E-state index contributed by atoms with van der Waals surface area (Å²) >= 11 is 0. The van der Waals surface area contributed by atoms with Crippen LogP contribution in [0.15, 0.2) is 48.8 Å². The predicted molar refractivity (Wildman–Crippen MR) is 116 cm³/mol. The van der Waals surface area contributed by atoms with Crippen LogP contribution in [-0.2, 0) is 6.18 Å². The lowest BCUT2D eigenvalue weighted by molar-refractivity contribution is -0.137. The molecule has 0 radical (unpaired) electrons. The number of carbonyl (C=O) groups is 1. The summed E-state index contributed by atoms with van der Waals surface area (Å²) in [5, 5.41) is 5.30. The number of benzene rings is 2. The molecule has 0 spiro atoms. The normalized spacial score (nSPS) is 13.9. The van der Waals surface area contributed by atoms with Gasteiger partial charge in [-0.25, -0.2) is 14.4 Å². The van der Waals surface area contributed by atoms with Crippen molar-refractivity contribution in [2.75, 3.05) is 37.0 Å². The van der Waals surface area contributed by atoms with Gasteiger partial charge in [0.2, 0.25) is 11.9 Å². The first-order valence-electron chi connectivity index (χ1n) is 10.2. The molecule has 1 amide bonds. The number of anilines is 3. The van der Waals surface area contributed by atoms with Gasteiger partial charge in [0.15, 0.2) is 0 Å². The number of halogens is 4. The molecule has 1 aliphatic heterocycles. The predicted octanol–water partition coefficient (Wildman–Crippen LogP) is 3.65. The van der Waals surface area contributed by atoms with Crippen LogP contribution in [0.1, 0.15) is 15.9 Å². The van der Waals surface area contributed by atoms with E-state index in [-0.39, 0.29) is 17.4 Å². The second-order valence-electron chi connectivity index (χ2n) is 7.65. The van der Waals surface area contributed by atoms with Gasteiger partial charge in [-0.1, -0.05) is 0 Å². The highest BCUT2D eigenvalue weighted by atomic mass is 19.4. The van der Waals surface area contributed by atoms with Crippen LogP contribution in [0.3, 0.4) is 0 Å². The number of carbonyl (C=O) groups excluding carboxylic acids is 1. The molecule has 2 heterocycles. The van der Waals surface area contributed by atoms with Crippen LogP contribution in [0, 0.1) is 11.7 Å². The number of nitrogens with one attached hydrogen (secondary N) is 2. The van der Waals surface area contributed by atoms with Crippen molar-refractivity contribution in [3.05, 3.63) is 65.7 Å². The fourth-order valence-corrected chi connectivity index (χ4v) is 3.36. The first-order chi connectivity index (χ1) is 16.2. The Bertz CT molecular complexity index is 1170. The highest BCUT2D eigenvalue weighted by Crippen LogP contribution is 2.30. The average Bonchev–Trinajstić information content (AvgIpc) is 2.77. The Hall–Kier alpha value is -3.96. The van der Waals surface area contributed by atoms with Gasteiger partial charge >= 0.3 is 6.18 Å². The fourth-order valence-electron chi connectivity index (χ4n) is 3.36. The molecule has 1 fully saturated rings. The first kappa shape index (κ1) is 23.2. The molecule has 0 saturated carbocycles. The number of hydrogen-bond donors (Lipinski definition) is 2. The molecule has 2 aromatic carbocycles.